The highest BCUT2D eigenvalue weighted by Crippen LogP contribution is 2.39. The van der Waals surface area contributed by atoms with E-state index in [-0.39, 0.29) is 24.3 Å². The van der Waals surface area contributed by atoms with Crippen LogP contribution in [0.5, 0.6) is 0 Å². The van der Waals surface area contributed by atoms with Gasteiger partial charge in [-0.1, -0.05) is 20.3 Å². The molecular weight excluding hydrogens is 292 g/mol. The molecule has 0 spiro atoms. The minimum Gasteiger partial charge on any atom is -0.381 e. The smallest absolute Gasteiger partial charge is 0.220 e. The molecule has 0 bridgehead atoms. The standard InChI is InChI=1S/C18H32N2O3/c1-18(2)7-3-4-13(12-18)10-17(22)20-15(11-16(19)21)14-5-8-23-9-6-14/h13-15H,3-12H2,1-2H3,(H2,19,21)(H,20,22)/t13-,15+/m1/s1. The Bertz CT molecular complexity index is 416. The van der Waals surface area contributed by atoms with Gasteiger partial charge in [0.2, 0.25) is 11.8 Å². The molecule has 2 fully saturated rings. The summed E-state index contributed by atoms with van der Waals surface area (Å²) < 4.78 is 5.38. The van der Waals surface area contributed by atoms with Crippen molar-refractivity contribution < 1.29 is 14.3 Å². The molecule has 1 saturated heterocycles. The quantitative estimate of drug-likeness (QED) is 0.787. The number of hydrogen-bond acceptors (Lipinski definition) is 3. The Morgan fingerprint density at radius 2 is 1.96 bits per heavy atom. The molecule has 132 valence electrons. The molecule has 0 radical (unpaired) electrons. The molecule has 1 aliphatic heterocycles. The fraction of sp³-hybridized carbons (Fsp3) is 0.889. The monoisotopic (exact) mass is 324 g/mol. The van der Waals surface area contributed by atoms with E-state index in [0.29, 0.717) is 36.9 Å². The van der Waals surface area contributed by atoms with Crippen LogP contribution in [0.25, 0.3) is 0 Å². The van der Waals surface area contributed by atoms with Crippen molar-refractivity contribution in [2.45, 2.75) is 71.3 Å². The number of hydrogen-bond donors (Lipinski definition) is 2. The molecule has 5 heteroatoms. The molecule has 2 atom stereocenters. The van der Waals surface area contributed by atoms with E-state index in [1.165, 1.54) is 12.8 Å². The first kappa shape index (κ1) is 18.2. The maximum absolute atomic E-state index is 12.5. The fourth-order valence-corrected chi connectivity index (χ4v) is 4.23. The van der Waals surface area contributed by atoms with Gasteiger partial charge in [-0.15, -0.1) is 0 Å². The number of primary amides is 1. The van der Waals surface area contributed by atoms with Gasteiger partial charge in [0, 0.05) is 32.1 Å². The van der Waals surface area contributed by atoms with Crippen molar-refractivity contribution in [3.05, 3.63) is 0 Å². The Hall–Kier alpha value is -1.10. The highest BCUT2D eigenvalue weighted by Gasteiger charge is 2.31. The molecule has 2 aliphatic rings. The number of carbonyl (C=O) groups excluding carboxylic acids is 2. The number of nitrogens with one attached hydrogen (secondary N) is 1. The third-order valence-electron chi connectivity index (χ3n) is 5.38. The number of rotatable bonds is 6. The van der Waals surface area contributed by atoms with Crippen LogP contribution in [0.2, 0.25) is 0 Å². The van der Waals surface area contributed by atoms with Gasteiger partial charge >= 0.3 is 0 Å². The molecule has 0 aromatic rings. The van der Waals surface area contributed by atoms with Crippen LogP contribution in [0.3, 0.4) is 0 Å². The summed E-state index contributed by atoms with van der Waals surface area (Å²) in [5.74, 6) is 0.483. The van der Waals surface area contributed by atoms with Crippen LogP contribution in [0, 0.1) is 17.3 Å². The second kappa shape index (κ2) is 8.13. The Balaban J connectivity index is 1.87. The lowest BCUT2D eigenvalue weighted by atomic mass is 9.71. The summed E-state index contributed by atoms with van der Waals surface area (Å²) in [4.78, 5) is 23.8. The van der Waals surface area contributed by atoms with Gasteiger partial charge in [-0.3, -0.25) is 9.59 Å². The summed E-state index contributed by atoms with van der Waals surface area (Å²) in [6.45, 7) is 5.98. The molecule has 3 N–H and O–H groups in total. The van der Waals surface area contributed by atoms with Crippen LogP contribution in [0.1, 0.15) is 65.2 Å². The van der Waals surface area contributed by atoms with E-state index in [1.54, 1.807) is 0 Å². The second-order valence-electron chi connectivity index (χ2n) is 8.12. The predicted molar refractivity (Wildman–Crippen MR) is 89.6 cm³/mol. The largest absolute Gasteiger partial charge is 0.381 e. The minimum atomic E-state index is -0.347. The summed E-state index contributed by atoms with van der Waals surface area (Å²) in [6.07, 6.45) is 7.26. The van der Waals surface area contributed by atoms with Crippen molar-refractivity contribution in [3.8, 4) is 0 Å². The zero-order valence-electron chi connectivity index (χ0n) is 14.6. The molecule has 0 aromatic heterocycles. The molecule has 0 unspecified atom stereocenters. The van der Waals surface area contributed by atoms with Gasteiger partial charge < -0.3 is 15.8 Å². The number of amides is 2. The van der Waals surface area contributed by atoms with Crippen molar-refractivity contribution in [1.29, 1.82) is 0 Å². The van der Waals surface area contributed by atoms with Crippen LogP contribution in [-0.4, -0.2) is 31.1 Å². The topological polar surface area (TPSA) is 81.4 Å². The van der Waals surface area contributed by atoms with Gasteiger partial charge in [-0.2, -0.15) is 0 Å². The van der Waals surface area contributed by atoms with E-state index in [1.807, 2.05) is 0 Å². The lowest BCUT2D eigenvalue weighted by Gasteiger charge is -2.35. The summed E-state index contributed by atoms with van der Waals surface area (Å²) in [7, 11) is 0. The van der Waals surface area contributed by atoms with Crippen molar-refractivity contribution in [2.24, 2.45) is 23.0 Å². The number of carbonyl (C=O) groups is 2. The zero-order valence-corrected chi connectivity index (χ0v) is 14.6. The molecule has 1 aliphatic carbocycles. The van der Waals surface area contributed by atoms with Gasteiger partial charge in [0.15, 0.2) is 0 Å². The van der Waals surface area contributed by atoms with Crippen molar-refractivity contribution >= 4 is 11.8 Å². The molecule has 1 saturated carbocycles. The molecule has 5 nitrogen and oxygen atoms in total. The minimum absolute atomic E-state index is 0.0745. The van der Waals surface area contributed by atoms with E-state index >= 15 is 0 Å². The Morgan fingerprint density at radius 3 is 2.57 bits per heavy atom. The van der Waals surface area contributed by atoms with E-state index in [9.17, 15) is 9.59 Å². The average molecular weight is 324 g/mol. The van der Waals surface area contributed by atoms with Crippen LogP contribution in [-0.2, 0) is 14.3 Å². The van der Waals surface area contributed by atoms with Gasteiger partial charge in [-0.25, -0.2) is 0 Å². The second-order valence-corrected chi connectivity index (χ2v) is 8.12. The van der Waals surface area contributed by atoms with E-state index in [0.717, 1.165) is 25.7 Å². The van der Waals surface area contributed by atoms with E-state index < -0.39 is 0 Å². The molecule has 23 heavy (non-hydrogen) atoms. The Morgan fingerprint density at radius 1 is 1.26 bits per heavy atom. The lowest BCUT2D eigenvalue weighted by molar-refractivity contribution is -0.124. The number of ether oxygens (including phenoxy) is 1. The number of nitrogens with two attached hydrogens (primary N) is 1. The maximum Gasteiger partial charge on any atom is 0.220 e. The van der Waals surface area contributed by atoms with Gasteiger partial charge in [0.1, 0.15) is 0 Å². The molecular formula is C18H32N2O3. The first-order valence-electron chi connectivity index (χ1n) is 9.01. The summed E-state index contributed by atoms with van der Waals surface area (Å²) in [5, 5.41) is 3.10. The van der Waals surface area contributed by atoms with Crippen LogP contribution >= 0.6 is 0 Å². The normalized spacial score (nSPS) is 26.4. The molecule has 2 amide bonds. The first-order chi connectivity index (χ1) is 10.9. The predicted octanol–water partition coefficient (Wildman–Crippen LogP) is 2.38. The summed E-state index contributed by atoms with van der Waals surface area (Å²) in [6, 6.07) is -0.138. The van der Waals surface area contributed by atoms with Crippen LogP contribution in [0.15, 0.2) is 0 Å². The molecule has 2 rings (SSSR count). The van der Waals surface area contributed by atoms with Crippen molar-refractivity contribution in [3.63, 3.8) is 0 Å². The van der Waals surface area contributed by atoms with Crippen LogP contribution < -0.4 is 11.1 Å². The highest BCUT2D eigenvalue weighted by molar-refractivity contribution is 5.79. The highest BCUT2D eigenvalue weighted by atomic mass is 16.5. The molecule has 0 aromatic carbocycles. The Kier molecular flexibility index (Phi) is 6.45. The summed E-state index contributed by atoms with van der Waals surface area (Å²) in [5.41, 5.74) is 5.72. The van der Waals surface area contributed by atoms with Crippen molar-refractivity contribution in [2.75, 3.05) is 13.2 Å². The van der Waals surface area contributed by atoms with Crippen LogP contribution in [0.4, 0.5) is 0 Å². The van der Waals surface area contributed by atoms with Crippen molar-refractivity contribution in [1.82, 2.24) is 5.32 Å². The SMILES string of the molecule is CC1(C)CCC[C@H](CC(=O)N[C@@H](CC(N)=O)C2CCOCC2)C1. The first-order valence-corrected chi connectivity index (χ1v) is 9.01. The van der Waals surface area contributed by atoms with Gasteiger partial charge in [0.25, 0.3) is 0 Å². The van der Waals surface area contributed by atoms with E-state index in [2.05, 4.69) is 19.2 Å². The Labute approximate surface area is 139 Å². The fourth-order valence-electron chi connectivity index (χ4n) is 4.23. The van der Waals surface area contributed by atoms with Gasteiger partial charge in [-0.05, 0) is 49.4 Å². The zero-order chi connectivity index (χ0) is 16.9. The maximum atomic E-state index is 12.5. The van der Waals surface area contributed by atoms with Gasteiger partial charge in [0.05, 0.1) is 0 Å². The summed E-state index contributed by atoms with van der Waals surface area (Å²) >= 11 is 0. The average Bonchev–Trinajstić information content (AvgIpc) is 2.46. The third kappa shape index (κ3) is 6.13. The third-order valence-corrected chi connectivity index (χ3v) is 5.38. The lowest BCUT2D eigenvalue weighted by Crippen LogP contribution is -2.45. The van der Waals surface area contributed by atoms with E-state index in [4.69, 9.17) is 10.5 Å². The molecule has 1 heterocycles.